The summed E-state index contributed by atoms with van der Waals surface area (Å²) in [6.07, 6.45) is 0. The van der Waals surface area contributed by atoms with Crippen LogP contribution in [0.2, 0.25) is 0 Å². The van der Waals surface area contributed by atoms with Crippen molar-refractivity contribution in [3.63, 3.8) is 0 Å². The molecule has 0 spiro atoms. The monoisotopic (exact) mass is 337 g/mol. The Kier molecular flexibility index (Phi) is 5.10. The number of non-ortho nitro benzene ring substituents is 1. The van der Waals surface area contributed by atoms with Crippen LogP contribution in [0.25, 0.3) is 10.8 Å². The van der Waals surface area contributed by atoms with Gasteiger partial charge in [-0.05, 0) is 18.2 Å². The second-order valence-corrected chi connectivity index (χ2v) is 5.38. The molecule has 0 aliphatic rings. The Hall–Kier alpha value is -1.79. The first-order valence-corrected chi connectivity index (χ1v) is 6.63. The molecule has 10 nitrogen and oxygen atoms in total. The predicted octanol–water partition coefficient (Wildman–Crippen LogP) is 1.23. The van der Waals surface area contributed by atoms with Gasteiger partial charge in [-0.3, -0.25) is 24.8 Å². The molecule has 111 valence electrons. The summed E-state index contributed by atoms with van der Waals surface area (Å²) >= 11 is 0. The number of nitrogens with zero attached hydrogens (tertiary/aromatic N) is 2. The zero-order valence-corrected chi connectivity index (χ0v) is 13.8. The van der Waals surface area contributed by atoms with Crippen molar-refractivity contribution >= 4 is 61.8 Å². The van der Waals surface area contributed by atoms with Gasteiger partial charge in [-0.2, -0.15) is 8.42 Å². The molecule has 2 rings (SSSR count). The minimum Gasteiger partial charge on any atom is -0.502 e. The van der Waals surface area contributed by atoms with Crippen molar-refractivity contribution in [2.45, 2.75) is 4.90 Å². The van der Waals surface area contributed by atoms with Gasteiger partial charge < -0.3 is 5.11 Å². The fraction of sp³-hybridized carbons (Fsp3) is 0. The van der Waals surface area contributed by atoms with Gasteiger partial charge in [-0.25, -0.2) is 0 Å². The predicted molar refractivity (Wildman–Crippen MR) is 74.5 cm³/mol. The van der Waals surface area contributed by atoms with E-state index >= 15 is 0 Å². The van der Waals surface area contributed by atoms with Gasteiger partial charge in [0.25, 0.3) is 15.8 Å². The summed E-state index contributed by atoms with van der Waals surface area (Å²) < 4.78 is 31.0. The second kappa shape index (κ2) is 6.14. The number of phenols is 1. The molecule has 0 aliphatic carbocycles. The molecule has 0 aromatic heterocycles. The first-order chi connectivity index (χ1) is 9.62. The van der Waals surface area contributed by atoms with Gasteiger partial charge in [0.2, 0.25) is 5.75 Å². The van der Waals surface area contributed by atoms with Crippen LogP contribution in [0, 0.1) is 20.2 Å². The molecular formula is C10H6N2NaO8S. The van der Waals surface area contributed by atoms with Crippen LogP contribution in [-0.4, -0.2) is 57.5 Å². The molecule has 0 saturated heterocycles. The molecule has 22 heavy (non-hydrogen) atoms. The molecule has 0 heterocycles. The van der Waals surface area contributed by atoms with Crippen molar-refractivity contribution < 1.29 is 27.9 Å². The fourth-order valence-electron chi connectivity index (χ4n) is 1.81. The third kappa shape index (κ3) is 3.18. The zero-order valence-electron chi connectivity index (χ0n) is 11.0. The Balaban J connectivity index is 0.00000242. The van der Waals surface area contributed by atoms with Crippen molar-refractivity contribution in [3.8, 4) is 5.75 Å². The minimum atomic E-state index is -4.63. The summed E-state index contributed by atoms with van der Waals surface area (Å²) in [7, 11) is -4.63. The van der Waals surface area contributed by atoms with Crippen LogP contribution in [-0.2, 0) is 10.1 Å². The van der Waals surface area contributed by atoms with Crippen LogP contribution >= 0.6 is 0 Å². The van der Waals surface area contributed by atoms with Crippen LogP contribution in [0.3, 0.4) is 0 Å². The number of nitro groups is 2. The van der Waals surface area contributed by atoms with E-state index in [0.29, 0.717) is 6.07 Å². The summed E-state index contributed by atoms with van der Waals surface area (Å²) in [5, 5.41) is 30.8. The van der Waals surface area contributed by atoms with Crippen molar-refractivity contribution in [3.05, 3.63) is 44.5 Å². The average Bonchev–Trinajstić information content (AvgIpc) is 2.36. The van der Waals surface area contributed by atoms with Crippen molar-refractivity contribution in [1.29, 1.82) is 0 Å². The normalized spacial score (nSPS) is 11.0. The van der Waals surface area contributed by atoms with Crippen LogP contribution in [0.15, 0.2) is 29.2 Å². The molecule has 2 aromatic rings. The second-order valence-electron chi connectivity index (χ2n) is 3.96. The van der Waals surface area contributed by atoms with E-state index in [1.807, 2.05) is 0 Å². The van der Waals surface area contributed by atoms with E-state index in [0.717, 1.165) is 18.2 Å². The van der Waals surface area contributed by atoms with E-state index in [1.54, 1.807) is 0 Å². The number of fused-ring (bicyclic) bond motifs is 1. The molecule has 0 fully saturated rings. The number of hydrogen-bond acceptors (Lipinski definition) is 7. The molecule has 1 radical (unpaired) electrons. The van der Waals surface area contributed by atoms with Gasteiger partial charge in [0.15, 0.2) is 0 Å². The smallest absolute Gasteiger partial charge is 0.318 e. The summed E-state index contributed by atoms with van der Waals surface area (Å²) in [5.74, 6) is -0.925. The van der Waals surface area contributed by atoms with Gasteiger partial charge in [0.1, 0.15) is 0 Å². The Morgan fingerprint density at radius 1 is 0.955 bits per heavy atom. The van der Waals surface area contributed by atoms with Gasteiger partial charge in [0, 0.05) is 34.9 Å². The third-order valence-corrected chi connectivity index (χ3v) is 3.58. The molecule has 0 atom stereocenters. The zero-order chi connectivity index (χ0) is 15.9. The molecule has 2 N–H and O–H groups in total. The molecule has 0 unspecified atom stereocenters. The molecular weight excluding hydrogens is 331 g/mol. The Labute approximate surface area is 144 Å². The number of rotatable bonds is 3. The van der Waals surface area contributed by atoms with Crippen LogP contribution in [0.4, 0.5) is 11.4 Å². The molecule has 12 heteroatoms. The van der Waals surface area contributed by atoms with Gasteiger partial charge in [-0.15, -0.1) is 0 Å². The first kappa shape index (κ1) is 18.3. The molecule has 0 amide bonds. The number of benzene rings is 2. The summed E-state index contributed by atoms with van der Waals surface area (Å²) in [4.78, 5) is 19.1. The van der Waals surface area contributed by atoms with Crippen molar-refractivity contribution in [2.24, 2.45) is 0 Å². The van der Waals surface area contributed by atoms with Crippen LogP contribution in [0.5, 0.6) is 5.75 Å². The Morgan fingerprint density at radius 2 is 1.50 bits per heavy atom. The van der Waals surface area contributed by atoms with Gasteiger partial charge >= 0.3 is 5.69 Å². The van der Waals surface area contributed by atoms with Crippen molar-refractivity contribution in [2.75, 3.05) is 0 Å². The number of phenolic OH excluding ortho intramolecular Hbond substituents is 1. The first-order valence-electron chi connectivity index (χ1n) is 5.19. The van der Waals surface area contributed by atoms with Crippen LogP contribution < -0.4 is 0 Å². The Bertz CT molecular complexity index is 895. The maximum Gasteiger partial charge on any atom is 0.318 e. The van der Waals surface area contributed by atoms with E-state index < -0.39 is 47.4 Å². The van der Waals surface area contributed by atoms with Gasteiger partial charge in [0.05, 0.1) is 26.2 Å². The quantitative estimate of drug-likeness (QED) is 0.366. The third-order valence-electron chi connectivity index (χ3n) is 2.73. The van der Waals surface area contributed by atoms with Crippen molar-refractivity contribution in [1.82, 2.24) is 0 Å². The van der Waals surface area contributed by atoms with Gasteiger partial charge in [-0.1, -0.05) is 0 Å². The molecule has 2 aromatic carbocycles. The fourth-order valence-corrected chi connectivity index (χ4v) is 2.31. The maximum absolute atomic E-state index is 11.0. The average molecular weight is 337 g/mol. The topological polar surface area (TPSA) is 161 Å². The Morgan fingerprint density at radius 3 is 1.95 bits per heavy atom. The summed E-state index contributed by atoms with van der Waals surface area (Å²) in [6.45, 7) is 0. The molecule has 0 saturated carbocycles. The largest absolute Gasteiger partial charge is 0.502 e. The number of nitro benzene ring substituents is 2. The molecule has 0 bridgehead atoms. The standard InChI is InChI=1S/C10H6N2O8S.Na/c13-10-7-3-5(21(18,19)20)1-2-6(7)8(11(14)15)4-9(10)12(16)17;/h1-4,13H,(H,18,19,20);. The van der Waals surface area contributed by atoms with E-state index in [4.69, 9.17) is 4.55 Å². The number of hydrogen-bond donors (Lipinski definition) is 2. The van der Waals surface area contributed by atoms with E-state index in [2.05, 4.69) is 0 Å². The molecule has 0 aliphatic heterocycles. The summed E-state index contributed by atoms with van der Waals surface area (Å²) in [5.41, 5.74) is -1.61. The SMILES string of the molecule is O=[N+]([O-])c1cc([N+](=O)[O-])c2ccc(S(=O)(=O)O)cc2c1O.[Na]. The van der Waals surface area contributed by atoms with E-state index in [1.165, 1.54) is 0 Å². The van der Waals surface area contributed by atoms with Crippen LogP contribution in [0.1, 0.15) is 0 Å². The number of aromatic hydroxyl groups is 1. The minimum absolute atomic E-state index is 0. The van der Waals surface area contributed by atoms with E-state index in [-0.39, 0.29) is 34.9 Å². The summed E-state index contributed by atoms with van der Waals surface area (Å²) in [6, 6.07) is 3.15. The maximum atomic E-state index is 11.0. The van der Waals surface area contributed by atoms with E-state index in [9.17, 15) is 33.8 Å².